The number of aryl methyl sites for hydroxylation is 1. The molecule has 0 spiro atoms. The van der Waals surface area contributed by atoms with Crippen molar-refractivity contribution >= 4 is 28.4 Å². The van der Waals surface area contributed by atoms with Crippen LogP contribution in [0.2, 0.25) is 5.02 Å². The fourth-order valence-electron chi connectivity index (χ4n) is 2.76. The van der Waals surface area contributed by atoms with Gasteiger partial charge in [0.2, 0.25) is 5.91 Å². The van der Waals surface area contributed by atoms with Gasteiger partial charge in [-0.3, -0.25) is 4.79 Å². The van der Waals surface area contributed by atoms with Crippen LogP contribution >= 0.6 is 11.6 Å². The molecule has 0 aliphatic carbocycles. The predicted octanol–water partition coefficient (Wildman–Crippen LogP) is 4.63. The fourth-order valence-corrected chi connectivity index (χ4v) is 2.96. The monoisotopic (exact) mass is 326 g/mol. The number of para-hydroxylation sites is 1. The molecule has 1 unspecified atom stereocenters. The molecule has 23 heavy (non-hydrogen) atoms. The summed E-state index contributed by atoms with van der Waals surface area (Å²) in [6, 6.07) is 15.7. The van der Waals surface area contributed by atoms with Gasteiger partial charge in [-0.15, -0.1) is 0 Å². The molecule has 4 heteroatoms. The van der Waals surface area contributed by atoms with E-state index in [2.05, 4.69) is 16.4 Å². The lowest BCUT2D eigenvalue weighted by Gasteiger charge is -2.14. The van der Waals surface area contributed by atoms with Gasteiger partial charge in [0.05, 0.1) is 6.04 Å². The number of hydrogen-bond acceptors (Lipinski definition) is 1. The standard InChI is InChI=1S/C19H19ClN2O/c1-13(14-5-4-6-16(20)11-14)22-19(23)10-9-15-12-21-18-8-3-2-7-17(15)18/h2-8,11-13,21H,9-10H2,1H3,(H,22,23). The van der Waals surface area contributed by atoms with Crippen molar-refractivity contribution < 1.29 is 4.79 Å². The Morgan fingerprint density at radius 2 is 2.04 bits per heavy atom. The van der Waals surface area contributed by atoms with E-state index in [1.807, 2.05) is 55.6 Å². The minimum Gasteiger partial charge on any atom is -0.361 e. The quantitative estimate of drug-likeness (QED) is 0.705. The molecular weight excluding hydrogens is 308 g/mol. The van der Waals surface area contributed by atoms with Crippen molar-refractivity contribution in [3.05, 3.63) is 70.9 Å². The Labute approximate surface area is 140 Å². The SMILES string of the molecule is CC(NC(=O)CCc1c[nH]c2ccccc12)c1cccc(Cl)c1. The summed E-state index contributed by atoms with van der Waals surface area (Å²) >= 11 is 5.99. The van der Waals surface area contributed by atoms with Crippen molar-refractivity contribution in [2.24, 2.45) is 0 Å². The van der Waals surface area contributed by atoms with E-state index in [4.69, 9.17) is 11.6 Å². The maximum Gasteiger partial charge on any atom is 0.220 e. The van der Waals surface area contributed by atoms with Crippen LogP contribution in [0.3, 0.4) is 0 Å². The minimum absolute atomic E-state index is 0.0442. The molecule has 0 saturated heterocycles. The smallest absolute Gasteiger partial charge is 0.220 e. The number of aromatic nitrogens is 1. The Bertz CT molecular complexity index is 825. The summed E-state index contributed by atoms with van der Waals surface area (Å²) in [5, 5.41) is 4.89. The third-order valence-electron chi connectivity index (χ3n) is 4.02. The highest BCUT2D eigenvalue weighted by Crippen LogP contribution is 2.20. The molecule has 3 aromatic rings. The van der Waals surface area contributed by atoms with E-state index in [0.717, 1.165) is 17.5 Å². The number of H-pyrrole nitrogens is 1. The normalized spacial score (nSPS) is 12.3. The van der Waals surface area contributed by atoms with Crippen LogP contribution < -0.4 is 5.32 Å². The Morgan fingerprint density at radius 1 is 1.22 bits per heavy atom. The van der Waals surface area contributed by atoms with Crippen molar-refractivity contribution in [2.75, 3.05) is 0 Å². The fraction of sp³-hybridized carbons (Fsp3) is 0.211. The molecular formula is C19H19ClN2O. The maximum atomic E-state index is 12.2. The highest BCUT2D eigenvalue weighted by molar-refractivity contribution is 6.30. The van der Waals surface area contributed by atoms with Crippen LogP contribution in [-0.2, 0) is 11.2 Å². The first-order valence-electron chi connectivity index (χ1n) is 7.73. The van der Waals surface area contributed by atoms with Gasteiger partial charge in [-0.2, -0.15) is 0 Å². The van der Waals surface area contributed by atoms with Crippen molar-refractivity contribution in [2.45, 2.75) is 25.8 Å². The molecule has 2 aromatic carbocycles. The Balaban J connectivity index is 1.59. The van der Waals surface area contributed by atoms with Gasteiger partial charge in [0.25, 0.3) is 0 Å². The zero-order valence-corrected chi connectivity index (χ0v) is 13.7. The van der Waals surface area contributed by atoms with Crippen LogP contribution in [0.1, 0.15) is 30.5 Å². The third-order valence-corrected chi connectivity index (χ3v) is 4.26. The first-order chi connectivity index (χ1) is 11.1. The molecule has 0 fully saturated rings. The lowest BCUT2D eigenvalue weighted by molar-refractivity contribution is -0.121. The molecule has 1 heterocycles. The van der Waals surface area contributed by atoms with E-state index >= 15 is 0 Å². The molecule has 1 aromatic heterocycles. The summed E-state index contributed by atoms with van der Waals surface area (Å²) in [4.78, 5) is 15.4. The van der Waals surface area contributed by atoms with Crippen molar-refractivity contribution in [3.63, 3.8) is 0 Å². The average Bonchev–Trinajstić information content (AvgIpc) is 2.96. The van der Waals surface area contributed by atoms with Gasteiger partial charge in [0.1, 0.15) is 0 Å². The largest absolute Gasteiger partial charge is 0.361 e. The van der Waals surface area contributed by atoms with E-state index in [1.54, 1.807) is 0 Å². The molecule has 0 aliphatic heterocycles. The summed E-state index contributed by atoms with van der Waals surface area (Å²) in [5.41, 5.74) is 3.29. The zero-order valence-electron chi connectivity index (χ0n) is 13.0. The number of carbonyl (C=O) groups is 1. The number of hydrogen-bond donors (Lipinski definition) is 2. The number of amides is 1. The first kappa shape index (κ1) is 15.6. The molecule has 0 radical (unpaired) electrons. The molecule has 0 bridgehead atoms. The number of rotatable bonds is 5. The first-order valence-corrected chi connectivity index (χ1v) is 8.11. The Morgan fingerprint density at radius 3 is 2.87 bits per heavy atom. The summed E-state index contributed by atoms with van der Waals surface area (Å²) < 4.78 is 0. The average molecular weight is 327 g/mol. The van der Waals surface area contributed by atoms with Gasteiger partial charge < -0.3 is 10.3 Å². The molecule has 2 N–H and O–H groups in total. The van der Waals surface area contributed by atoms with E-state index in [1.165, 1.54) is 10.9 Å². The Kier molecular flexibility index (Phi) is 4.68. The second-order valence-electron chi connectivity index (χ2n) is 5.70. The van der Waals surface area contributed by atoms with Crippen LogP contribution in [0.4, 0.5) is 0 Å². The zero-order chi connectivity index (χ0) is 16.2. The number of halogens is 1. The van der Waals surface area contributed by atoms with Crippen LogP contribution in [0, 0.1) is 0 Å². The van der Waals surface area contributed by atoms with Gasteiger partial charge in [-0.05, 0) is 42.7 Å². The number of carbonyl (C=O) groups excluding carboxylic acids is 1. The number of aromatic amines is 1. The van der Waals surface area contributed by atoms with E-state index < -0.39 is 0 Å². The summed E-state index contributed by atoms with van der Waals surface area (Å²) in [5.74, 6) is 0.0442. The number of nitrogens with one attached hydrogen (secondary N) is 2. The second-order valence-corrected chi connectivity index (χ2v) is 6.14. The highest BCUT2D eigenvalue weighted by atomic mass is 35.5. The Hall–Kier alpha value is -2.26. The van der Waals surface area contributed by atoms with Crippen molar-refractivity contribution in [1.82, 2.24) is 10.3 Å². The van der Waals surface area contributed by atoms with E-state index in [9.17, 15) is 4.79 Å². The van der Waals surface area contributed by atoms with Gasteiger partial charge >= 0.3 is 0 Å². The number of benzene rings is 2. The third kappa shape index (κ3) is 3.74. The van der Waals surface area contributed by atoms with Crippen LogP contribution in [0.25, 0.3) is 10.9 Å². The molecule has 1 amide bonds. The summed E-state index contributed by atoms with van der Waals surface area (Å²) in [6.07, 6.45) is 3.17. The second kappa shape index (κ2) is 6.88. The lowest BCUT2D eigenvalue weighted by atomic mass is 10.1. The van der Waals surface area contributed by atoms with E-state index in [0.29, 0.717) is 11.4 Å². The number of fused-ring (bicyclic) bond motifs is 1. The van der Waals surface area contributed by atoms with Crippen molar-refractivity contribution in [1.29, 1.82) is 0 Å². The maximum absolute atomic E-state index is 12.2. The van der Waals surface area contributed by atoms with E-state index in [-0.39, 0.29) is 11.9 Å². The van der Waals surface area contributed by atoms with Gasteiger partial charge in [-0.1, -0.05) is 41.9 Å². The summed E-state index contributed by atoms with van der Waals surface area (Å²) in [6.45, 7) is 1.97. The molecule has 0 aliphatic rings. The topological polar surface area (TPSA) is 44.9 Å². The lowest BCUT2D eigenvalue weighted by Crippen LogP contribution is -2.26. The van der Waals surface area contributed by atoms with Crippen molar-refractivity contribution in [3.8, 4) is 0 Å². The van der Waals surface area contributed by atoms with Gasteiger partial charge in [-0.25, -0.2) is 0 Å². The molecule has 1 atom stereocenters. The van der Waals surface area contributed by atoms with Gasteiger partial charge in [0, 0.05) is 28.5 Å². The molecule has 3 rings (SSSR count). The van der Waals surface area contributed by atoms with Crippen LogP contribution in [0.15, 0.2) is 54.7 Å². The van der Waals surface area contributed by atoms with Crippen LogP contribution in [-0.4, -0.2) is 10.9 Å². The van der Waals surface area contributed by atoms with Crippen LogP contribution in [0.5, 0.6) is 0 Å². The highest BCUT2D eigenvalue weighted by Gasteiger charge is 2.11. The van der Waals surface area contributed by atoms with Gasteiger partial charge in [0.15, 0.2) is 0 Å². The molecule has 118 valence electrons. The molecule has 3 nitrogen and oxygen atoms in total. The predicted molar refractivity (Wildman–Crippen MR) is 94.6 cm³/mol. The minimum atomic E-state index is -0.0517. The molecule has 0 saturated carbocycles. The summed E-state index contributed by atoms with van der Waals surface area (Å²) in [7, 11) is 0.